The Morgan fingerprint density at radius 1 is 1.18 bits per heavy atom. The number of hydrogen-bond donors (Lipinski definition) is 0. The van der Waals surface area contributed by atoms with Gasteiger partial charge < -0.3 is 0 Å². The molecule has 0 aliphatic rings. The molecule has 4 rings (SSSR count). The zero-order valence-corrected chi connectivity index (χ0v) is 16.2. The summed E-state index contributed by atoms with van der Waals surface area (Å²) in [4.78, 5) is 19.7. The van der Waals surface area contributed by atoms with Crippen molar-refractivity contribution in [3.63, 3.8) is 0 Å². The van der Waals surface area contributed by atoms with Crippen LogP contribution in [0.1, 0.15) is 21.8 Å². The molecule has 28 heavy (non-hydrogen) atoms. The number of nitrogens with zero attached hydrogens (tertiary/aromatic N) is 3. The Morgan fingerprint density at radius 3 is 2.64 bits per heavy atom. The molecule has 138 valence electrons. The Hall–Kier alpha value is -3.30. The molecule has 0 N–H and O–H groups in total. The molecule has 0 bridgehead atoms. The third-order valence-corrected chi connectivity index (χ3v) is 5.71. The fourth-order valence-corrected chi connectivity index (χ4v) is 4.45. The summed E-state index contributed by atoms with van der Waals surface area (Å²) in [7, 11) is 0. The molecular weight excluding hydrogens is 373 g/mol. The molecule has 2 aromatic carbocycles. The summed E-state index contributed by atoms with van der Waals surface area (Å²) in [6.45, 7) is 4.09. The fraction of sp³-hybridized carbons (Fsp3) is 0.136. The average molecular weight is 389 g/mol. The van der Waals surface area contributed by atoms with Crippen molar-refractivity contribution in [1.82, 2.24) is 9.55 Å². The fourth-order valence-electron chi connectivity index (χ4n) is 3.37. The largest absolute Gasteiger partial charge is 0.292 e. The molecule has 2 aromatic heterocycles. The summed E-state index contributed by atoms with van der Waals surface area (Å²) in [5, 5.41) is 9.66. The Labute approximate surface area is 165 Å². The first kappa shape index (κ1) is 18.1. The van der Waals surface area contributed by atoms with Gasteiger partial charge in [-0.15, -0.1) is 11.3 Å². The summed E-state index contributed by atoms with van der Waals surface area (Å²) in [5.74, 6) is 0.302. The van der Waals surface area contributed by atoms with Crippen molar-refractivity contribution in [1.29, 1.82) is 5.26 Å². The van der Waals surface area contributed by atoms with Gasteiger partial charge in [-0.1, -0.05) is 24.3 Å². The number of fused-ring (bicyclic) bond motifs is 1. The van der Waals surface area contributed by atoms with Crippen LogP contribution in [0.4, 0.5) is 4.39 Å². The number of rotatable bonds is 3. The van der Waals surface area contributed by atoms with E-state index in [1.165, 1.54) is 23.5 Å². The zero-order chi connectivity index (χ0) is 19.8. The molecule has 6 heteroatoms. The predicted molar refractivity (Wildman–Crippen MR) is 109 cm³/mol. The second-order valence-corrected chi connectivity index (χ2v) is 7.79. The van der Waals surface area contributed by atoms with Gasteiger partial charge in [0.1, 0.15) is 16.5 Å². The normalized spacial score (nSPS) is 10.9. The molecular formula is C22H16FN3OS. The summed E-state index contributed by atoms with van der Waals surface area (Å²) in [6, 6.07) is 15.5. The van der Waals surface area contributed by atoms with Gasteiger partial charge >= 0.3 is 0 Å². The van der Waals surface area contributed by atoms with E-state index < -0.39 is 0 Å². The number of thiophene rings is 1. The van der Waals surface area contributed by atoms with E-state index in [2.05, 4.69) is 11.1 Å². The lowest BCUT2D eigenvalue weighted by Gasteiger charge is -2.11. The summed E-state index contributed by atoms with van der Waals surface area (Å²) in [6.07, 6.45) is 0. The Morgan fingerprint density at radius 2 is 1.93 bits per heavy atom. The molecule has 0 radical (unpaired) electrons. The minimum Gasteiger partial charge on any atom is -0.292 e. The van der Waals surface area contributed by atoms with Gasteiger partial charge in [0.25, 0.3) is 5.56 Å². The van der Waals surface area contributed by atoms with E-state index in [1.54, 1.807) is 34.9 Å². The zero-order valence-electron chi connectivity index (χ0n) is 15.4. The van der Waals surface area contributed by atoms with Crippen LogP contribution in [0.25, 0.3) is 21.3 Å². The van der Waals surface area contributed by atoms with Crippen molar-refractivity contribution in [2.75, 3.05) is 0 Å². The molecule has 4 nitrogen and oxygen atoms in total. The quantitative estimate of drug-likeness (QED) is 0.506. The number of aromatic nitrogens is 2. The Balaban J connectivity index is 1.91. The standard InChI is InChI=1S/C22H16FN3OS/c1-13-19(17-6-8-18(23)9-7-17)20-21(28-13)25-14(2)26(22(20)27)12-16-5-3-4-15(10-16)11-24/h3-10H,12H2,1-2H3. The van der Waals surface area contributed by atoms with Gasteiger partial charge in [0.05, 0.1) is 23.6 Å². The highest BCUT2D eigenvalue weighted by atomic mass is 32.1. The van der Waals surface area contributed by atoms with Crippen LogP contribution >= 0.6 is 11.3 Å². The molecule has 0 atom stereocenters. The molecule has 4 aromatic rings. The molecule has 0 spiro atoms. The smallest absolute Gasteiger partial charge is 0.263 e. The van der Waals surface area contributed by atoms with Crippen LogP contribution in [0.15, 0.2) is 53.3 Å². The van der Waals surface area contributed by atoms with Crippen LogP contribution in [-0.4, -0.2) is 9.55 Å². The lowest BCUT2D eigenvalue weighted by Crippen LogP contribution is -2.24. The van der Waals surface area contributed by atoms with Crippen LogP contribution in [0, 0.1) is 31.0 Å². The maximum absolute atomic E-state index is 13.4. The van der Waals surface area contributed by atoms with E-state index in [-0.39, 0.29) is 11.4 Å². The molecule has 0 amide bonds. The van der Waals surface area contributed by atoms with E-state index in [9.17, 15) is 9.18 Å². The maximum atomic E-state index is 13.4. The summed E-state index contributed by atoms with van der Waals surface area (Å²) in [5.41, 5.74) is 2.88. The van der Waals surface area contributed by atoms with Crippen molar-refractivity contribution in [2.45, 2.75) is 20.4 Å². The third-order valence-electron chi connectivity index (χ3n) is 4.71. The van der Waals surface area contributed by atoms with Crippen molar-refractivity contribution < 1.29 is 4.39 Å². The van der Waals surface area contributed by atoms with Gasteiger partial charge in [0.2, 0.25) is 0 Å². The lowest BCUT2D eigenvalue weighted by molar-refractivity contribution is 0.628. The molecule has 0 saturated heterocycles. The van der Waals surface area contributed by atoms with E-state index in [1.807, 2.05) is 19.9 Å². The maximum Gasteiger partial charge on any atom is 0.263 e. The number of aryl methyl sites for hydroxylation is 2. The van der Waals surface area contributed by atoms with Gasteiger partial charge in [0.15, 0.2) is 0 Å². The van der Waals surface area contributed by atoms with E-state index in [0.717, 1.165) is 21.6 Å². The van der Waals surface area contributed by atoms with E-state index in [4.69, 9.17) is 5.26 Å². The van der Waals surface area contributed by atoms with Gasteiger partial charge in [-0.05, 0) is 49.2 Å². The highest BCUT2D eigenvalue weighted by molar-refractivity contribution is 7.19. The molecule has 2 heterocycles. The van der Waals surface area contributed by atoms with Crippen molar-refractivity contribution in [3.05, 3.63) is 86.5 Å². The minimum atomic E-state index is -0.315. The number of halogens is 1. The van der Waals surface area contributed by atoms with Crippen LogP contribution in [0.5, 0.6) is 0 Å². The van der Waals surface area contributed by atoms with Crippen molar-refractivity contribution >= 4 is 21.6 Å². The SMILES string of the molecule is Cc1sc2nc(C)n(Cc3cccc(C#N)c3)c(=O)c2c1-c1ccc(F)cc1. The first-order valence-corrected chi connectivity index (χ1v) is 9.55. The van der Waals surface area contributed by atoms with Crippen molar-refractivity contribution in [2.24, 2.45) is 0 Å². The molecule has 0 unspecified atom stereocenters. The van der Waals surface area contributed by atoms with Crippen LogP contribution in [0.3, 0.4) is 0 Å². The van der Waals surface area contributed by atoms with Gasteiger partial charge in [-0.25, -0.2) is 9.37 Å². The summed E-state index contributed by atoms with van der Waals surface area (Å²) >= 11 is 1.47. The van der Waals surface area contributed by atoms with Crippen LogP contribution < -0.4 is 5.56 Å². The Bertz CT molecular complexity index is 1300. The Kier molecular flexibility index (Phi) is 4.54. The third kappa shape index (κ3) is 3.10. The topological polar surface area (TPSA) is 58.7 Å². The average Bonchev–Trinajstić information content (AvgIpc) is 3.02. The first-order chi connectivity index (χ1) is 13.5. The second-order valence-electron chi connectivity index (χ2n) is 6.58. The lowest BCUT2D eigenvalue weighted by atomic mass is 10.0. The number of benzene rings is 2. The monoisotopic (exact) mass is 389 g/mol. The minimum absolute atomic E-state index is 0.131. The van der Waals surface area contributed by atoms with E-state index in [0.29, 0.717) is 28.1 Å². The number of hydrogen-bond acceptors (Lipinski definition) is 4. The van der Waals surface area contributed by atoms with Crippen LogP contribution in [0.2, 0.25) is 0 Å². The predicted octanol–water partition coefficient (Wildman–Crippen LogP) is 4.80. The van der Waals surface area contributed by atoms with E-state index >= 15 is 0 Å². The molecule has 0 saturated carbocycles. The molecule has 0 fully saturated rings. The van der Waals surface area contributed by atoms with Crippen molar-refractivity contribution in [3.8, 4) is 17.2 Å². The second kappa shape index (κ2) is 7.02. The highest BCUT2D eigenvalue weighted by Crippen LogP contribution is 2.35. The summed E-state index contributed by atoms with van der Waals surface area (Å²) < 4.78 is 15.0. The van der Waals surface area contributed by atoms with Gasteiger partial charge in [-0.2, -0.15) is 5.26 Å². The highest BCUT2D eigenvalue weighted by Gasteiger charge is 2.18. The number of nitriles is 1. The molecule has 0 aliphatic carbocycles. The van der Waals surface area contributed by atoms with Crippen LogP contribution in [-0.2, 0) is 6.54 Å². The molecule has 0 aliphatic heterocycles. The van der Waals surface area contributed by atoms with Gasteiger partial charge in [-0.3, -0.25) is 9.36 Å². The van der Waals surface area contributed by atoms with Gasteiger partial charge in [0, 0.05) is 10.4 Å². The first-order valence-electron chi connectivity index (χ1n) is 8.73.